The molecule has 22 heavy (non-hydrogen) atoms. The zero-order chi connectivity index (χ0) is 15.0. The lowest BCUT2D eigenvalue weighted by Gasteiger charge is -2.06. The third-order valence-electron chi connectivity index (χ3n) is 2.76. The number of thioether (sulfide) groups is 4. The van der Waals surface area contributed by atoms with Crippen LogP contribution in [0.25, 0.3) is 0 Å². The maximum Gasteiger partial charge on any atom is 0.188 e. The van der Waals surface area contributed by atoms with Crippen LogP contribution in [0.3, 0.4) is 0 Å². The summed E-state index contributed by atoms with van der Waals surface area (Å²) in [5.41, 5.74) is 0. The van der Waals surface area contributed by atoms with Gasteiger partial charge in [-0.05, 0) is 25.0 Å². The van der Waals surface area contributed by atoms with Crippen molar-refractivity contribution in [2.45, 2.75) is 33.2 Å². The summed E-state index contributed by atoms with van der Waals surface area (Å²) in [6.45, 7) is 0. The highest BCUT2D eigenvalue weighted by Crippen LogP contribution is 2.25. The van der Waals surface area contributed by atoms with Crippen LogP contribution in [-0.4, -0.2) is 42.9 Å². The first-order chi connectivity index (χ1) is 10.9. The van der Waals surface area contributed by atoms with Gasteiger partial charge in [0.1, 0.15) is 10.1 Å². The molecule has 2 aromatic rings. The van der Waals surface area contributed by atoms with Crippen LogP contribution in [0.15, 0.2) is 44.9 Å². The monoisotopic (exact) mass is 368 g/mol. The molecule has 0 unspecified atom stereocenters. The zero-order valence-electron chi connectivity index (χ0n) is 12.0. The van der Waals surface area contributed by atoms with E-state index in [0.717, 1.165) is 56.2 Å². The van der Waals surface area contributed by atoms with Gasteiger partial charge in [0.05, 0.1) is 0 Å². The van der Waals surface area contributed by atoms with E-state index in [1.54, 1.807) is 47.0 Å². The summed E-state index contributed by atoms with van der Waals surface area (Å²) in [4.78, 5) is 17.9. The highest BCUT2D eigenvalue weighted by atomic mass is 32.2. The lowest BCUT2D eigenvalue weighted by Crippen LogP contribution is -1.95. The van der Waals surface area contributed by atoms with E-state index in [-0.39, 0.29) is 0 Å². The van der Waals surface area contributed by atoms with Crippen molar-refractivity contribution in [3.63, 3.8) is 0 Å². The normalized spacial score (nSPS) is 17.1. The molecule has 0 atom stereocenters. The van der Waals surface area contributed by atoms with Gasteiger partial charge in [0.25, 0.3) is 0 Å². The second-order valence-corrected chi connectivity index (χ2v) is 8.81. The van der Waals surface area contributed by atoms with Gasteiger partial charge in [-0.3, -0.25) is 0 Å². The maximum atomic E-state index is 4.60. The number of hydrogen-bond donors (Lipinski definition) is 0. The van der Waals surface area contributed by atoms with Crippen molar-refractivity contribution in [3.05, 3.63) is 24.5 Å². The quantitative estimate of drug-likeness (QED) is 0.508. The average Bonchev–Trinajstić information content (AvgIpc) is 2.54. The van der Waals surface area contributed by atoms with E-state index in [1.165, 1.54) is 0 Å². The van der Waals surface area contributed by atoms with E-state index < -0.39 is 0 Å². The number of rotatable bonds is 0. The molecule has 116 valence electrons. The summed E-state index contributed by atoms with van der Waals surface area (Å²) in [6, 6.07) is 4.00. The molecule has 0 spiro atoms. The van der Waals surface area contributed by atoms with Crippen LogP contribution in [0.1, 0.15) is 12.8 Å². The van der Waals surface area contributed by atoms with Crippen LogP contribution in [0.5, 0.6) is 0 Å². The zero-order valence-corrected chi connectivity index (χ0v) is 15.2. The summed E-state index contributed by atoms with van der Waals surface area (Å²) in [6.07, 6.45) is 5.96. The second-order valence-electron chi connectivity index (χ2n) is 4.46. The van der Waals surface area contributed by atoms with Crippen LogP contribution < -0.4 is 0 Å². The molecule has 8 heteroatoms. The largest absolute Gasteiger partial charge is 0.231 e. The molecule has 4 nitrogen and oxygen atoms in total. The first-order valence-electron chi connectivity index (χ1n) is 7.07. The predicted octanol–water partition coefficient (Wildman–Crippen LogP) is 4.13. The fourth-order valence-corrected chi connectivity index (χ4v) is 5.38. The van der Waals surface area contributed by atoms with Crippen molar-refractivity contribution in [2.75, 3.05) is 23.0 Å². The molecule has 2 aromatic heterocycles. The molecule has 0 aliphatic carbocycles. The Balaban J connectivity index is 1.65. The van der Waals surface area contributed by atoms with E-state index in [2.05, 4.69) is 19.9 Å². The molecule has 0 saturated carbocycles. The molecule has 1 aliphatic rings. The van der Waals surface area contributed by atoms with Crippen molar-refractivity contribution in [1.82, 2.24) is 19.9 Å². The summed E-state index contributed by atoms with van der Waals surface area (Å²) >= 11 is 7.06. The SMILES string of the molecule is c1cc2nc(n1)SCCCSc1nccc(n1)SCCCS2. The van der Waals surface area contributed by atoms with Crippen LogP contribution in [0.2, 0.25) is 0 Å². The van der Waals surface area contributed by atoms with Gasteiger partial charge in [-0.1, -0.05) is 23.5 Å². The summed E-state index contributed by atoms with van der Waals surface area (Å²) in [7, 11) is 0. The van der Waals surface area contributed by atoms with Crippen molar-refractivity contribution >= 4 is 47.0 Å². The molecule has 0 radical (unpaired) electrons. The molecule has 0 aromatic carbocycles. The molecular formula is C14H16N4S4. The molecular weight excluding hydrogens is 352 g/mol. The Morgan fingerprint density at radius 1 is 0.636 bits per heavy atom. The van der Waals surface area contributed by atoms with Gasteiger partial charge in [-0.2, -0.15) is 0 Å². The van der Waals surface area contributed by atoms with Crippen molar-refractivity contribution < 1.29 is 0 Å². The molecule has 3 rings (SSSR count). The Morgan fingerprint density at radius 2 is 1.09 bits per heavy atom. The Morgan fingerprint density at radius 3 is 1.59 bits per heavy atom. The summed E-state index contributed by atoms with van der Waals surface area (Å²) in [5.74, 6) is 4.19. The van der Waals surface area contributed by atoms with Crippen LogP contribution in [-0.2, 0) is 0 Å². The van der Waals surface area contributed by atoms with Gasteiger partial charge in [0, 0.05) is 35.4 Å². The second kappa shape index (κ2) is 9.00. The minimum atomic E-state index is 0.884. The van der Waals surface area contributed by atoms with Gasteiger partial charge in [0.15, 0.2) is 10.3 Å². The van der Waals surface area contributed by atoms with Crippen LogP contribution in [0.4, 0.5) is 0 Å². The topological polar surface area (TPSA) is 51.6 Å². The Hall–Kier alpha value is -0.440. The highest BCUT2D eigenvalue weighted by molar-refractivity contribution is 8.00. The van der Waals surface area contributed by atoms with Gasteiger partial charge in [0.2, 0.25) is 0 Å². The maximum absolute atomic E-state index is 4.60. The first-order valence-corrected chi connectivity index (χ1v) is 11.0. The Kier molecular flexibility index (Phi) is 6.72. The van der Waals surface area contributed by atoms with E-state index in [9.17, 15) is 0 Å². The lowest BCUT2D eigenvalue weighted by molar-refractivity contribution is 0.882. The molecule has 3 heterocycles. The highest BCUT2D eigenvalue weighted by Gasteiger charge is 2.05. The van der Waals surface area contributed by atoms with Gasteiger partial charge in [-0.15, -0.1) is 23.5 Å². The standard InChI is InChI=1S/C14H16N4S4/c1-7-19-11-3-5-15-13(17-11)21-9-2-10-22-14-16-6-4-12(18-14)20-8-1/h3-6H,1-2,7-10H2. The molecule has 0 N–H and O–H groups in total. The minimum absolute atomic E-state index is 0.884. The third-order valence-corrected chi connectivity index (χ3v) is 6.68. The average molecular weight is 369 g/mol. The number of hydrogen-bond acceptors (Lipinski definition) is 8. The fraction of sp³-hybridized carbons (Fsp3) is 0.429. The summed E-state index contributed by atoms with van der Waals surface area (Å²) in [5, 5.41) is 3.92. The number of aromatic nitrogens is 4. The predicted molar refractivity (Wildman–Crippen MR) is 96.2 cm³/mol. The van der Waals surface area contributed by atoms with Gasteiger partial charge < -0.3 is 0 Å². The molecule has 0 amide bonds. The fourth-order valence-electron chi connectivity index (χ4n) is 1.75. The van der Waals surface area contributed by atoms with Crippen molar-refractivity contribution in [2.24, 2.45) is 0 Å². The first kappa shape index (κ1) is 16.4. The van der Waals surface area contributed by atoms with E-state index in [4.69, 9.17) is 0 Å². The smallest absolute Gasteiger partial charge is 0.188 e. The van der Waals surface area contributed by atoms with E-state index >= 15 is 0 Å². The molecule has 1 aliphatic heterocycles. The van der Waals surface area contributed by atoms with Gasteiger partial charge >= 0.3 is 0 Å². The lowest BCUT2D eigenvalue weighted by atomic mass is 10.6. The van der Waals surface area contributed by atoms with E-state index in [1.807, 2.05) is 24.5 Å². The molecule has 0 fully saturated rings. The van der Waals surface area contributed by atoms with Crippen molar-refractivity contribution in [3.8, 4) is 0 Å². The minimum Gasteiger partial charge on any atom is -0.231 e. The van der Waals surface area contributed by atoms with Crippen LogP contribution in [0, 0.1) is 0 Å². The summed E-state index contributed by atoms with van der Waals surface area (Å²) < 4.78 is 0. The third kappa shape index (κ3) is 5.33. The molecule has 4 bridgehead atoms. The number of nitrogens with zero attached hydrogens (tertiary/aromatic N) is 4. The Bertz CT molecular complexity index is 515. The Labute approximate surface area is 147 Å². The molecule has 0 saturated heterocycles. The van der Waals surface area contributed by atoms with Crippen LogP contribution >= 0.6 is 47.0 Å². The van der Waals surface area contributed by atoms with Gasteiger partial charge in [-0.25, -0.2) is 19.9 Å². The van der Waals surface area contributed by atoms with E-state index in [0.29, 0.717) is 0 Å². The number of fused-ring (bicyclic) bond motifs is 4. The van der Waals surface area contributed by atoms with Crippen molar-refractivity contribution in [1.29, 1.82) is 0 Å².